The van der Waals surface area contributed by atoms with Crippen LogP contribution in [0, 0.1) is 29.1 Å². The molecular weight excluding hydrogens is 604 g/mol. The Balaban J connectivity index is 1.42. The molecule has 0 spiro atoms. The fraction of sp³-hybridized carbons (Fsp3) is 0.658. The predicted octanol–water partition coefficient (Wildman–Crippen LogP) is 3.71. The van der Waals surface area contributed by atoms with Crippen molar-refractivity contribution in [1.82, 2.24) is 20.6 Å². The Morgan fingerprint density at radius 3 is 2.54 bits per heavy atom. The van der Waals surface area contributed by atoms with Gasteiger partial charge in [0.05, 0.1) is 25.9 Å². The highest BCUT2D eigenvalue weighted by Crippen LogP contribution is 2.61. The van der Waals surface area contributed by atoms with E-state index in [0.29, 0.717) is 29.7 Å². The highest BCUT2D eigenvalue weighted by Gasteiger charge is 2.57. The second-order valence-electron chi connectivity index (χ2n) is 15.5. The van der Waals surface area contributed by atoms with Gasteiger partial charge in [-0.3, -0.25) is 9.63 Å². The summed E-state index contributed by atoms with van der Waals surface area (Å²) in [5.41, 5.74) is 11.7. The first kappa shape index (κ1) is 36.5. The van der Waals surface area contributed by atoms with E-state index >= 15 is 0 Å². The Morgan fingerprint density at radius 2 is 1.94 bits per heavy atom. The van der Waals surface area contributed by atoms with Gasteiger partial charge in [0.1, 0.15) is 11.8 Å². The normalized spacial score (nSPS) is 28.6. The molecule has 5 N–H and O–H groups in total. The minimum absolute atomic E-state index is 0.104. The number of nitrogens with two attached hydrogens (primary N) is 1. The Kier molecular flexibility index (Phi) is 11.4. The molecular formula is C38H60N6O4. The van der Waals surface area contributed by atoms with Crippen LogP contribution in [-0.2, 0) is 22.7 Å². The molecule has 1 amide bonds. The van der Waals surface area contributed by atoms with Crippen LogP contribution in [-0.4, -0.2) is 100 Å². The van der Waals surface area contributed by atoms with E-state index in [1.54, 1.807) is 19.1 Å². The maximum absolute atomic E-state index is 14.2. The van der Waals surface area contributed by atoms with E-state index in [9.17, 15) is 9.90 Å². The predicted molar refractivity (Wildman–Crippen MR) is 193 cm³/mol. The number of nitrogens with zero attached hydrogens (tertiary/aromatic N) is 3. The number of para-hydroxylation sites is 1. The Hall–Kier alpha value is -2.73. The Morgan fingerprint density at radius 1 is 1.19 bits per heavy atom. The molecule has 10 heteroatoms. The number of hydrogen-bond donors (Lipinski definition) is 4. The summed E-state index contributed by atoms with van der Waals surface area (Å²) < 4.78 is 6.11. The van der Waals surface area contributed by atoms with Gasteiger partial charge in [0.2, 0.25) is 5.91 Å². The molecule has 0 aromatic heterocycles. The highest BCUT2D eigenvalue weighted by atomic mass is 16.7. The van der Waals surface area contributed by atoms with Crippen molar-refractivity contribution >= 4 is 11.6 Å². The zero-order chi connectivity index (χ0) is 34.9. The summed E-state index contributed by atoms with van der Waals surface area (Å²) in [7, 11) is 9.95. The first-order valence-electron chi connectivity index (χ1n) is 17.7. The minimum Gasteiger partial charge on any atom is -0.496 e. The van der Waals surface area contributed by atoms with Gasteiger partial charge in [-0.1, -0.05) is 39.0 Å². The number of amides is 1. The number of methoxy groups -OCH3 is 1. The van der Waals surface area contributed by atoms with Crippen molar-refractivity contribution in [2.45, 2.75) is 77.9 Å². The van der Waals surface area contributed by atoms with Gasteiger partial charge in [-0.2, -0.15) is 5.06 Å². The van der Waals surface area contributed by atoms with E-state index in [1.807, 2.05) is 12.1 Å². The number of hydrogen-bond acceptors (Lipinski definition) is 9. The summed E-state index contributed by atoms with van der Waals surface area (Å²) in [6.07, 6.45) is 0.971. The van der Waals surface area contributed by atoms with Gasteiger partial charge in [0, 0.05) is 69.0 Å². The van der Waals surface area contributed by atoms with Gasteiger partial charge in [0.25, 0.3) is 0 Å². The third-order valence-corrected chi connectivity index (χ3v) is 11.6. The summed E-state index contributed by atoms with van der Waals surface area (Å²) in [4.78, 5) is 24.9. The first-order chi connectivity index (χ1) is 22.8. The molecule has 48 heavy (non-hydrogen) atoms. The highest BCUT2D eigenvalue weighted by molar-refractivity contribution is 5.83. The maximum atomic E-state index is 14.2. The van der Waals surface area contributed by atoms with Gasteiger partial charge in [-0.15, -0.1) is 0 Å². The lowest BCUT2D eigenvalue weighted by molar-refractivity contribution is -0.175. The molecule has 3 aliphatic carbocycles. The fourth-order valence-corrected chi connectivity index (χ4v) is 8.60. The van der Waals surface area contributed by atoms with E-state index < -0.39 is 24.2 Å². The zero-order valence-electron chi connectivity index (χ0n) is 30.6. The van der Waals surface area contributed by atoms with Crippen molar-refractivity contribution in [2.75, 3.05) is 59.8 Å². The monoisotopic (exact) mass is 664 g/mol. The molecule has 4 fully saturated rings. The van der Waals surface area contributed by atoms with E-state index in [4.69, 9.17) is 15.3 Å². The van der Waals surface area contributed by atoms with Gasteiger partial charge in [-0.05, 0) is 86.4 Å². The molecule has 2 bridgehead atoms. The second kappa shape index (κ2) is 15.0. The number of rotatable bonds is 14. The van der Waals surface area contributed by atoms with E-state index in [-0.39, 0.29) is 18.5 Å². The van der Waals surface area contributed by atoms with Crippen molar-refractivity contribution in [2.24, 2.45) is 34.8 Å². The summed E-state index contributed by atoms with van der Waals surface area (Å²) in [5, 5.41) is 19.7. The van der Waals surface area contributed by atoms with Gasteiger partial charge in [0.15, 0.2) is 0 Å². The van der Waals surface area contributed by atoms with Crippen LogP contribution in [0.1, 0.15) is 51.7 Å². The molecule has 0 radical (unpaired) electrons. The van der Waals surface area contributed by atoms with Crippen LogP contribution in [0.3, 0.4) is 0 Å². The van der Waals surface area contributed by atoms with Crippen LogP contribution in [0.5, 0.6) is 5.75 Å². The largest absolute Gasteiger partial charge is 0.496 e. The van der Waals surface area contributed by atoms with Crippen LogP contribution >= 0.6 is 0 Å². The molecule has 2 aromatic carbocycles. The zero-order valence-corrected chi connectivity index (χ0v) is 30.6. The summed E-state index contributed by atoms with van der Waals surface area (Å²) in [6, 6.07) is 12.1. The third-order valence-electron chi connectivity index (χ3n) is 11.6. The molecule has 1 aliphatic heterocycles. The lowest BCUT2D eigenvalue weighted by atomic mass is 9.45. The number of carbonyl (C=O) groups excluding carboxylic acids is 1. The van der Waals surface area contributed by atoms with Crippen molar-refractivity contribution in [3.05, 3.63) is 47.5 Å². The maximum Gasteiger partial charge on any atom is 0.240 e. The molecule has 10 nitrogen and oxygen atoms in total. The number of benzene rings is 2. The van der Waals surface area contributed by atoms with Gasteiger partial charge in [-0.25, -0.2) is 0 Å². The number of nitrogens with one attached hydrogen (secondary N) is 2. The van der Waals surface area contributed by atoms with Crippen LogP contribution in [0.4, 0.5) is 5.69 Å². The molecule has 2 aromatic rings. The minimum atomic E-state index is -0.776. The van der Waals surface area contributed by atoms with Crippen LogP contribution in [0.2, 0.25) is 0 Å². The third kappa shape index (κ3) is 7.39. The fourth-order valence-electron chi connectivity index (χ4n) is 8.60. The molecule has 1 heterocycles. The first-order valence-corrected chi connectivity index (χ1v) is 17.7. The molecule has 4 aliphatic rings. The quantitative estimate of drug-likeness (QED) is 0.225. The number of hydroxylamine groups is 2. The summed E-state index contributed by atoms with van der Waals surface area (Å²) in [5.74, 6) is 1.78. The van der Waals surface area contributed by atoms with E-state index in [0.717, 1.165) is 54.2 Å². The van der Waals surface area contributed by atoms with E-state index in [2.05, 4.69) is 93.7 Å². The lowest BCUT2D eigenvalue weighted by Gasteiger charge is -2.62. The summed E-state index contributed by atoms with van der Waals surface area (Å²) in [6.45, 7) is 11.9. The number of anilines is 1. The molecule has 6 rings (SSSR count). The number of aliphatic hydroxyl groups is 1. The van der Waals surface area contributed by atoms with Crippen LogP contribution in [0.25, 0.3) is 11.1 Å². The molecule has 3 saturated carbocycles. The average Bonchev–Trinajstić information content (AvgIpc) is 3.42. The van der Waals surface area contributed by atoms with E-state index in [1.165, 1.54) is 12.0 Å². The average molecular weight is 665 g/mol. The number of fused-ring (bicyclic) bond motifs is 2. The molecule has 1 saturated heterocycles. The number of carbonyl (C=O) groups is 1. The lowest BCUT2D eigenvalue weighted by Crippen LogP contribution is -2.62. The van der Waals surface area contributed by atoms with Crippen molar-refractivity contribution in [3.63, 3.8) is 0 Å². The SMILES string of the molecule is COc1c(CN2O[C@@H](CN)[C@H]([C@H](C)O)[C@H]2C(=O)NC2C[C@H]3C[C@@H]([C@@H]2C)C3(C)C)cccc1-c1cc(CNCCN(C)C)cc(N(C)C)c1. The second-order valence-corrected chi connectivity index (χ2v) is 15.5. The van der Waals surface area contributed by atoms with Crippen molar-refractivity contribution in [3.8, 4) is 16.9 Å². The van der Waals surface area contributed by atoms with Crippen molar-refractivity contribution < 1.29 is 19.5 Å². The molecule has 1 unspecified atom stereocenters. The number of ether oxygens (including phenoxy) is 1. The smallest absolute Gasteiger partial charge is 0.240 e. The van der Waals surface area contributed by atoms with Crippen LogP contribution in [0.15, 0.2) is 36.4 Å². The van der Waals surface area contributed by atoms with Crippen molar-refractivity contribution in [1.29, 1.82) is 0 Å². The number of aliphatic hydroxyl groups excluding tert-OH is 1. The van der Waals surface area contributed by atoms with Gasteiger partial charge < -0.3 is 36.0 Å². The van der Waals surface area contributed by atoms with Gasteiger partial charge >= 0.3 is 0 Å². The topological polar surface area (TPSA) is 116 Å². The van der Waals surface area contributed by atoms with Crippen LogP contribution < -0.4 is 26.0 Å². The molecule has 8 atom stereocenters. The Labute approximate surface area is 288 Å². The number of likely N-dealkylation sites (N-methyl/N-ethyl adjacent to an activating group) is 1. The standard InChI is InChI=1S/C38H60N6O4/c1-23-31-18-28(38(31,3)4)19-32(23)41-37(46)35-34(24(2)45)33(20-39)48-44(35)22-26-11-10-12-30(36(26)47-9)27-15-25(16-29(17-27)43(7)8)21-40-13-14-42(5)6/h10-12,15-17,23-24,28,31-35,40,45H,13-14,18-22,39H2,1-9H3,(H,41,46)/t23-,24-,28+,31-,32?,33-,34-,35-/m0/s1. The Bertz CT molecular complexity index is 1410. The summed E-state index contributed by atoms with van der Waals surface area (Å²) >= 11 is 0. The molecule has 266 valence electrons.